The zero-order valence-corrected chi connectivity index (χ0v) is 12.1. The Bertz CT molecular complexity index is 691. The third-order valence-corrected chi connectivity index (χ3v) is 5.17. The van der Waals surface area contributed by atoms with Crippen molar-refractivity contribution in [3.63, 3.8) is 0 Å². The largest absolute Gasteiger partial charge is 0.353 e. The van der Waals surface area contributed by atoms with Crippen molar-refractivity contribution in [3.05, 3.63) is 53.9 Å². The van der Waals surface area contributed by atoms with E-state index in [0.29, 0.717) is 18.0 Å². The summed E-state index contributed by atoms with van der Waals surface area (Å²) < 4.78 is 29.1. The van der Waals surface area contributed by atoms with Gasteiger partial charge in [-0.05, 0) is 54.7 Å². The molecule has 1 aliphatic rings. The summed E-state index contributed by atoms with van der Waals surface area (Å²) in [4.78, 5) is 0.380. The van der Waals surface area contributed by atoms with E-state index in [1.807, 2.05) is 41.2 Å². The standard InChI is InChI=1S/C15H18N2O2S/c18-20(19,16-8-11-17-9-1-2-10-17)15-7-6-13-4-3-5-14(13)12-15/h1-2,6-7,9-10,12,16H,3-5,8,11H2. The lowest BCUT2D eigenvalue weighted by atomic mass is 10.1. The summed E-state index contributed by atoms with van der Waals surface area (Å²) in [5.74, 6) is 0. The Morgan fingerprint density at radius 1 is 1.10 bits per heavy atom. The molecule has 0 radical (unpaired) electrons. The SMILES string of the molecule is O=S(=O)(NCCn1cccc1)c1ccc2c(c1)CCC2. The van der Waals surface area contributed by atoms with Crippen molar-refractivity contribution < 1.29 is 8.42 Å². The number of sulfonamides is 1. The fraction of sp³-hybridized carbons (Fsp3) is 0.333. The molecule has 106 valence electrons. The third kappa shape index (κ3) is 2.78. The Kier molecular flexibility index (Phi) is 3.63. The number of aryl methyl sites for hydroxylation is 2. The molecule has 4 nitrogen and oxygen atoms in total. The van der Waals surface area contributed by atoms with Gasteiger partial charge in [-0.2, -0.15) is 0 Å². The van der Waals surface area contributed by atoms with E-state index in [2.05, 4.69) is 4.72 Å². The normalized spacial score (nSPS) is 14.4. The Hall–Kier alpha value is -1.59. The van der Waals surface area contributed by atoms with Crippen LogP contribution in [0.3, 0.4) is 0 Å². The predicted octanol–water partition coefficient (Wildman–Crippen LogP) is 1.96. The highest BCUT2D eigenvalue weighted by Gasteiger charge is 2.17. The highest BCUT2D eigenvalue weighted by Crippen LogP contribution is 2.24. The first-order chi connectivity index (χ1) is 9.65. The maximum absolute atomic E-state index is 12.2. The van der Waals surface area contributed by atoms with Crippen molar-refractivity contribution in [2.45, 2.75) is 30.7 Å². The maximum Gasteiger partial charge on any atom is 0.240 e. The number of hydrogen-bond acceptors (Lipinski definition) is 2. The van der Waals surface area contributed by atoms with Gasteiger partial charge in [0.05, 0.1) is 4.90 Å². The van der Waals surface area contributed by atoms with Crippen LogP contribution in [0.25, 0.3) is 0 Å². The Balaban J connectivity index is 1.68. The second-order valence-corrected chi connectivity index (χ2v) is 6.87. The number of hydrogen-bond donors (Lipinski definition) is 1. The van der Waals surface area contributed by atoms with E-state index in [1.54, 1.807) is 6.07 Å². The average Bonchev–Trinajstić information content (AvgIpc) is 3.08. The van der Waals surface area contributed by atoms with Crippen LogP contribution in [-0.2, 0) is 29.4 Å². The molecule has 0 bridgehead atoms. The van der Waals surface area contributed by atoms with E-state index in [0.717, 1.165) is 19.3 Å². The minimum absolute atomic E-state index is 0.380. The van der Waals surface area contributed by atoms with E-state index < -0.39 is 10.0 Å². The molecule has 0 saturated heterocycles. The van der Waals surface area contributed by atoms with Gasteiger partial charge in [0.25, 0.3) is 0 Å². The summed E-state index contributed by atoms with van der Waals surface area (Å²) in [6.07, 6.45) is 7.02. The van der Waals surface area contributed by atoms with Gasteiger partial charge >= 0.3 is 0 Å². The molecule has 0 amide bonds. The molecule has 0 atom stereocenters. The predicted molar refractivity (Wildman–Crippen MR) is 78.1 cm³/mol. The van der Waals surface area contributed by atoms with E-state index >= 15 is 0 Å². The Morgan fingerprint density at radius 3 is 2.65 bits per heavy atom. The van der Waals surface area contributed by atoms with Crippen molar-refractivity contribution in [1.82, 2.24) is 9.29 Å². The van der Waals surface area contributed by atoms with Crippen LogP contribution in [-0.4, -0.2) is 19.5 Å². The van der Waals surface area contributed by atoms with Gasteiger partial charge in [0.15, 0.2) is 0 Å². The van der Waals surface area contributed by atoms with Crippen molar-refractivity contribution in [2.75, 3.05) is 6.54 Å². The summed E-state index contributed by atoms with van der Waals surface area (Å²) in [5, 5.41) is 0. The number of nitrogens with zero attached hydrogens (tertiary/aromatic N) is 1. The molecule has 0 saturated carbocycles. The van der Waals surface area contributed by atoms with Crippen LogP contribution in [0, 0.1) is 0 Å². The molecule has 1 aromatic heterocycles. The van der Waals surface area contributed by atoms with E-state index in [4.69, 9.17) is 0 Å². The van der Waals surface area contributed by atoms with Crippen molar-refractivity contribution in [2.24, 2.45) is 0 Å². The molecule has 2 aromatic rings. The number of rotatable bonds is 5. The maximum atomic E-state index is 12.2. The molecule has 1 N–H and O–H groups in total. The van der Waals surface area contributed by atoms with Gasteiger partial charge in [-0.1, -0.05) is 6.07 Å². The topological polar surface area (TPSA) is 51.1 Å². The smallest absolute Gasteiger partial charge is 0.240 e. The molecule has 5 heteroatoms. The van der Waals surface area contributed by atoms with Gasteiger partial charge < -0.3 is 4.57 Å². The summed E-state index contributed by atoms with van der Waals surface area (Å²) >= 11 is 0. The quantitative estimate of drug-likeness (QED) is 0.915. The first-order valence-electron chi connectivity index (χ1n) is 6.87. The lowest BCUT2D eigenvalue weighted by Crippen LogP contribution is -2.27. The fourth-order valence-electron chi connectivity index (χ4n) is 2.63. The highest BCUT2D eigenvalue weighted by molar-refractivity contribution is 7.89. The second-order valence-electron chi connectivity index (χ2n) is 5.10. The molecule has 1 heterocycles. The molecule has 0 aliphatic heterocycles. The van der Waals surface area contributed by atoms with Crippen LogP contribution in [0.2, 0.25) is 0 Å². The van der Waals surface area contributed by atoms with E-state index in [9.17, 15) is 8.42 Å². The zero-order valence-electron chi connectivity index (χ0n) is 11.2. The van der Waals surface area contributed by atoms with Gasteiger partial charge in [-0.25, -0.2) is 13.1 Å². The van der Waals surface area contributed by atoms with Crippen molar-refractivity contribution in [3.8, 4) is 0 Å². The number of benzene rings is 1. The molecular formula is C15H18N2O2S. The zero-order chi connectivity index (χ0) is 14.0. The van der Waals surface area contributed by atoms with Gasteiger partial charge in [0.1, 0.15) is 0 Å². The van der Waals surface area contributed by atoms with Crippen molar-refractivity contribution in [1.29, 1.82) is 0 Å². The molecule has 3 rings (SSSR count). The lowest BCUT2D eigenvalue weighted by molar-refractivity contribution is 0.573. The average molecular weight is 290 g/mol. The number of fused-ring (bicyclic) bond motifs is 1. The molecule has 20 heavy (non-hydrogen) atoms. The van der Waals surface area contributed by atoms with Gasteiger partial charge in [0.2, 0.25) is 10.0 Å². The third-order valence-electron chi connectivity index (χ3n) is 3.71. The molecule has 1 aliphatic carbocycles. The second kappa shape index (κ2) is 5.42. The first kappa shape index (κ1) is 13.4. The van der Waals surface area contributed by atoms with Crippen LogP contribution >= 0.6 is 0 Å². The van der Waals surface area contributed by atoms with Crippen LogP contribution in [0.5, 0.6) is 0 Å². The minimum Gasteiger partial charge on any atom is -0.353 e. The van der Waals surface area contributed by atoms with E-state index in [1.165, 1.54) is 11.1 Å². The fourth-order valence-corrected chi connectivity index (χ4v) is 3.70. The highest BCUT2D eigenvalue weighted by atomic mass is 32.2. The Labute approximate surface area is 119 Å². The molecule has 0 unspecified atom stereocenters. The van der Waals surface area contributed by atoms with Crippen LogP contribution in [0.1, 0.15) is 17.5 Å². The molecular weight excluding hydrogens is 272 g/mol. The molecule has 0 fully saturated rings. The van der Waals surface area contributed by atoms with Crippen LogP contribution < -0.4 is 4.72 Å². The van der Waals surface area contributed by atoms with Crippen LogP contribution in [0.4, 0.5) is 0 Å². The summed E-state index contributed by atoms with van der Waals surface area (Å²) in [7, 11) is -3.40. The van der Waals surface area contributed by atoms with Gasteiger partial charge in [-0.15, -0.1) is 0 Å². The Morgan fingerprint density at radius 2 is 1.85 bits per heavy atom. The van der Waals surface area contributed by atoms with Gasteiger partial charge in [-0.3, -0.25) is 0 Å². The lowest BCUT2D eigenvalue weighted by Gasteiger charge is -2.09. The summed E-state index contributed by atoms with van der Waals surface area (Å²) in [6.45, 7) is 1.03. The minimum atomic E-state index is -3.40. The van der Waals surface area contributed by atoms with Crippen LogP contribution in [0.15, 0.2) is 47.6 Å². The summed E-state index contributed by atoms with van der Waals surface area (Å²) in [6, 6.07) is 9.33. The van der Waals surface area contributed by atoms with Gasteiger partial charge in [0, 0.05) is 25.5 Å². The molecule has 0 spiro atoms. The monoisotopic (exact) mass is 290 g/mol. The molecule has 1 aromatic carbocycles. The van der Waals surface area contributed by atoms with Crippen molar-refractivity contribution >= 4 is 10.0 Å². The number of nitrogens with one attached hydrogen (secondary N) is 1. The summed E-state index contributed by atoms with van der Waals surface area (Å²) in [5.41, 5.74) is 2.47. The van der Waals surface area contributed by atoms with E-state index in [-0.39, 0.29) is 0 Å². The first-order valence-corrected chi connectivity index (χ1v) is 8.36. The number of aromatic nitrogens is 1.